The van der Waals surface area contributed by atoms with Crippen molar-refractivity contribution in [3.05, 3.63) is 0 Å². The smallest absolute Gasteiger partial charge is 0.213 e. The largest absolute Gasteiger partial charge is 0.391 e. The lowest BCUT2D eigenvalue weighted by Crippen LogP contribution is -2.41. The molecule has 0 aromatic rings. The zero-order valence-corrected chi connectivity index (χ0v) is 16.8. The number of likely N-dealkylation sites (tertiary alicyclic amines) is 1. The molecule has 136 valence electrons. The van der Waals surface area contributed by atoms with Gasteiger partial charge in [-0.2, -0.15) is 0 Å². The predicted molar refractivity (Wildman–Crippen MR) is 103 cm³/mol. The van der Waals surface area contributed by atoms with E-state index < -0.39 is 10.0 Å². The monoisotopic (exact) mass is 460 g/mol. The molecular weight excluding hydrogens is 431 g/mol. The normalized spacial score (nSPS) is 22.6. The summed E-state index contributed by atoms with van der Waals surface area (Å²) in [6.45, 7) is 4.79. The van der Waals surface area contributed by atoms with Crippen molar-refractivity contribution in [3.63, 3.8) is 0 Å². The summed E-state index contributed by atoms with van der Waals surface area (Å²) >= 11 is 0. The minimum Gasteiger partial charge on any atom is -0.391 e. The van der Waals surface area contributed by atoms with E-state index in [0.29, 0.717) is 25.0 Å². The second kappa shape index (κ2) is 10.00. The maximum atomic E-state index is 11.9. The van der Waals surface area contributed by atoms with E-state index in [1.54, 1.807) is 0 Å². The molecule has 0 aromatic carbocycles. The summed E-state index contributed by atoms with van der Waals surface area (Å²) in [6, 6.07) is 0. The Morgan fingerprint density at radius 1 is 1.35 bits per heavy atom. The van der Waals surface area contributed by atoms with Crippen LogP contribution < -0.4 is 10.0 Å². The standard InChI is InChI=1S/C14H28N4O3S.HI/c1-2-15-14(18-8-6-13(19)11-18)16-7-9-22(20,21)17-10-12-4-3-5-12;/h12-13,17,19H,2-11H2,1H3,(H,15,16);1H/t13-;/m1./s1. The van der Waals surface area contributed by atoms with E-state index >= 15 is 0 Å². The predicted octanol–water partition coefficient (Wildman–Crippen LogP) is 0.356. The molecule has 9 heteroatoms. The number of nitrogens with zero attached hydrogens (tertiary/aromatic N) is 2. The Bertz CT molecular complexity index is 482. The van der Waals surface area contributed by atoms with E-state index in [-0.39, 0.29) is 42.4 Å². The van der Waals surface area contributed by atoms with Gasteiger partial charge in [0.2, 0.25) is 10.0 Å². The van der Waals surface area contributed by atoms with Crippen LogP contribution in [-0.4, -0.2) is 69.0 Å². The molecule has 1 atom stereocenters. The molecule has 0 bridgehead atoms. The van der Waals surface area contributed by atoms with Crippen molar-refractivity contribution in [3.8, 4) is 0 Å². The molecule has 0 spiro atoms. The molecule has 0 aromatic heterocycles. The van der Waals surface area contributed by atoms with Gasteiger partial charge < -0.3 is 15.3 Å². The molecule has 1 aliphatic carbocycles. The van der Waals surface area contributed by atoms with Gasteiger partial charge >= 0.3 is 0 Å². The number of aliphatic hydroxyl groups is 1. The lowest BCUT2D eigenvalue weighted by Gasteiger charge is -2.25. The zero-order chi connectivity index (χ0) is 16.0. The van der Waals surface area contributed by atoms with Crippen LogP contribution in [0.4, 0.5) is 0 Å². The quantitative estimate of drug-likeness (QED) is 0.290. The van der Waals surface area contributed by atoms with E-state index in [1.165, 1.54) is 6.42 Å². The molecule has 0 radical (unpaired) electrons. The highest BCUT2D eigenvalue weighted by atomic mass is 127. The first-order valence-corrected chi connectivity index (χ1v) is 9.84. The first-order valence-electron chi connectivity index (χ1n) is 8.19. The van der Waals surface area contributed by atoms with Crippen molar-refractivity contribution in [2.75, 3.05) is 38.5 Å². The Morgan fingerprint density at radius 3 is 2.61 bits per heavy atom. The molecule has 1 saturated heterocycles. The minimum atomic E-state index is -3.25. The second-order valence-electron chi connectivity index (χ2n) is 6.09. The highest BCUT2D eigenvalue weighted by molar-refractivity contribution is 14.0. The Balaban J connectivity index is 0.00000264. The van der Waals surface area contributed by atoms with E-state index in [2.05, 4.69) is 15.0 Å². The van der Waals surface area contributed by atoms with E-state index in [1.807, 2.05) is 11.8 Å². The van der Waals surface area contributed by atoms with Crippen LogP contribution in [0.2, 0.25) is 0 Å². The number of sulfonamides is 1. The summed E-state index contributed by atoms with van der Waals surface area (Å²) in [5, 5.41) is 12.7. The van der Waals surface area contributed by atoms with Crippen LogP contribution in [-0.2, 0) is 10.0 Å². The summed E-state index contributed by atoms with van der Waals surface area (Å²) < 4.78 is 26.5. The lowest BCUT2D eigenvalue weighted by atomic mass is 9.86. The van der Waals surface area contributed by atoms with Crippen LogP contribution in [0.15, 0.2) is 4.99 Å². The number of nitrogens with one attached hydrogen (secondary N) is 2. The fraction of sp³-hybridized carbons (Fsp3) is 0.929. The lowest BCUT2D eigenvalue weighted by molar-refractivity contribution is 0.188. The van der Waals surface area contributed by atoms with E-state index in [0.717, 1.165) is 32.4 Å². The van der Waals surface area contributed by atoms with Crippen LogP contribution in [0.1, 0.15) is 32.6 Å². The highest BCUT2D eigenvalue weighted by Crippen LogP contribution is 2.25. The Labute approximate surface area is 156 Å². The Morgan fingerprint density at radius 2 is 2.09 bits per heavy atom. The third kappa shape index (κ3) is 7.10. The number of aliphatic hydroxyl groups excluding tert-OH is 1. The number of hydrogen-bond donors (Lipinski definition) is 3. The van der Waals surface area contributed by atoms with Crippen molar-refractivity contribution in [1.29, 1.82) is 0 Å². The van der Waals surface area contributed by atoms with Gasteiger partial charge in [0.1, 0.15) is 0 Å². The van der Waals surface area contributed by atoms with Crippen molar-refractivity contribution in [1.82, 2.24) is 14.9 Å². The molecule has 0 amide bonds. The number of guanidine groups is 1. The molecule has 2 rings (SSSR count). The van der Waals surface area contributed by atoms with Crippen molar-refractivity contribution in [2.45, 2.75) is 38.7 Å². The summed E-state index contributed by atoms with van der Waals surface area (Å²) in [7, 11) is -3.25. The fourth-order valence-electron chi connectivity index (χ4n) is 2.65. The van der Waals surface area contributed by atoms with Gasteiger partial charge in [-0.1, -0.05) is 6.42 Å². The van der Waals surface area contributed by atoms with Gasteiger partial charge in [0.25, 0.3) is 0 Å². The third-order valence-electron chi connectivity index (χ3n) is 4.24. The summed E-state index contributed by atoms with van der Waals surface area (Å²) in [4.78, 5) is 6.35. The van der Waals surface area contributed by atoms with Crippen molar-refractivity contribution < 1.29 is 13.5 Å². The van der Waals surface area contributed by atoms with Gasteiger partial charge in [-0.05, 0) is 32.1 Å². The first-order chi connectivity index (χ1) is 10.5. The minimum absolute atomic E-state index is 0. The van der Waals surface area contributed by atoms with E-state index in [9.17, 15) is 13.5 Å². The molecule has 1 saturated carbocycles. The van der Waals surface area contributed by atoms with Gasteiger partial charge in [0.05, 0.1) is 18.4 Å². The number of halogens is 1. The SMILES string of the molecule is CCNC(=NCCS(=O)(=O)NCC1CCC1)N1CC[C@@H](O)C1.I. The van der Waals surface area contributed by atoms with Crippen LogP contribution in [0.25, 0.3) is 0 Å². The van der Waals surface area contributed by atoms with Crippen LogP contribution in [0.3, 0.4) is 0 Å². The molecule has 23 heavy (non-hydrogen) atoms. The molecule has 3 N–H and O–H groups in total. The first kappa shape index (κ1) is 20.9. The maximum absolute atomic E-state index is 11.9. The second-order valence-corrected chi connectivity index (χ2v) is 8.01. The molecular formula is C14H29IN4O3S. The molecule has 2 aliphatic rings. The zero-order valence-electron chi connectivity index (χ0n) is 13.7. The van der Waals surface area contributed by atoms with Crippen LogP contribution in [0, 0.1) is 5.92 Å². The topological polar surface area (TPSA) is 94.0 Å². The third-order valence-corrected chi connectivity index (χ3v) is 5.56. The Hall–Kier alpha value is -0.130. The highest BCUT2D eigenvalue weighted by Gasteiger charge is 2.23. The molecule has 0 unspecified atom stereocenters. The number of rotatable bonds is 7. The van der Waals surface area contributed by atoms with Gasteiger partial charge in [-0.15, -0.1) is 24.0 Å². The number of β-amino-alcohol motifs (C(OH)–C–C–N with tert-alkyl or cyclic N) is 1. The Kier molecular flexibility index (Phi) is 9.09. The van der Waals surface area contributed by atoms with Crippen molar-refractivity contribution in [2.24, 2.45) is 10.9 Å². The maximum Gasteiger partial charge on any atom is 0.213 e. The number of hydrogen-bond acceptors (Lipinski definition) is 4. The van der Waals surface area contributed by atoms with Crippen LogP contribution in [0.5, 0.6) is 0 Å². The summed E-state index contributed by atoms with van der Waals surface area (Å²) in [5.41, 5.74) is 0. The van der Waals surface area contributed by atoms with Gasteiger partial charge in [0, 0.05) is 26.2 Å². The van der Waals surface area contributed by atoms with Gasteiger partial charge in [-0.25, -0.2) is 13.1 Å². The van der Waals surface area contributed by atoms with Gasteiger partial charge in [0.15, 0.2) is 5.96 Å². The average Bonchev–Trinajstić information content (AvgIpc) is 2.82. The van der Waals surface area contributed by atoms with Crippen LogP contribution >= 0.6 is 24.0 Å². The number of aliphatic imine (C=N–C) groups is 1. The summed E-state index contributed by atoms with van der Waals surface area (Å²) in [6.07, 6.45) is 3.87. The summed E-state index contributed by atoms with van der Waals surface area (Å²) in [5.74, 6) is 1.21. The molecule has 1 aliphatic heterocycles. The fourth-order valence-corrected chi connectivity index (χ4v) is 3.61. The molecule has 1 heterocycles. The molecule has 7 nitrogen and oxygen atoms in total. The van der Waals surface area contributed by atoms with Gasteiger partial charge in [-0.3, -0.25) is 4.99 Å². The molecule has 2 fully saturated rings. The van der Waals surface area contributed by atoms with Crippen molar-refractivity contribution >= 4 is 40.0 Å². The van der Waals surface area contributed by atoms with E-state index in [4.69, 9.17) is 0 Å². The average molecular weight is 460 g/mol.